The molecule has 1 aromatic carbocycles. The van der Waals surface area contributed by atoms with Gasteiger partial charge in [-0.3, -0.25) is 14.8 Å². The predicted molar refractivity (Wildman–Crippen MR) is 83.1 cm³/mol. The lowest BCUT2D eigenvalue weighted by atomic mass is 10.0. The van der Waals surface area contributed by atoms with Crippen molar-refractivity contribution in [1.29, 1.82) is 0 Å². The highest BCUT2D eigenvalue weighted by Crippen LogP contribution is 2.25. The smallest absolute Gasteiger partial charge is 0.274 e. The topological polar surface area (TPSA) is 80.9 Å². The molecule has 104 valence electrons. The summed E-state index contributed by atoms with van der Waals surface area (Å²) >= 11 is 0. The summed E-state index contributed by atoms with van der Waals surface area (Å²) in [6, 6.07) is 9.14. The highest BCUT2D eigenvalue weighted by molar-refractivity contribution is 6.13. The standard InChI is InChI=1S/C16H14N4O/c1-10-7-13-12(14(17)8-10)4-6-19-15(13)16(21)20-11-3-2-5-18-9-11/h2-9H,17H2,1H3,(H,20,21). The van der Waals surface area contributed by atoms with Gasteiger partial charge in [-0.2, -0.15) is 0 Å². The molecule has 0 aliphatic rings. The van der Waals surface area contributed by atoms with Crippen LogP contribution in [-0.2, 0) is 0 Å². The van der Waals surface area contributed by atoms with Crippen molar-refractivity contribution in [1.82, 2.24) is 9.97 Å². The largest absolute Gasteiger partial charge is 0.398 e. The van der Waals surface area contributed by atoms with E-state index in [-0.39, 0.29) is 5.91 Å². The molecule has 3 N–H and O–H groups in total. The summed E-state index contributed by atoms with van der Waals surface area (Å²) in [6.45, 7) is 1.94. The van der Waals surface area contributed by atoms with Crippen LogP contribution in [0.1, 0.15) is 16.1 Å². The number of pyridine rings is 2. The second-order valence-corrected chi connectivity index (χ2v) is 4.80. The second-order valence-electron chi connectivity index (χ2n) is 4.80. The molecule has 3 aromatic rings. The van der Waals surface area contributed by atoms with Gasteiger partial charge in [-0.05, 0) is 42.8 Å². The predicted octanol–water partition coefficient (Wildman–Crippen LogP) is 2.77. The molecule has 0 radical (unpaired) electrons. The van der Waals surface area contributed by atoms with Crippen molar-refractivity contribution in [2.45, 2.75) is 6.92 Å². The first-order valence-electron chi connectivity index (χ1n) is 6.51. The molecule has 5 nitrogen and oxygen atoms in total. The van der Waals surface area contributed by atoms with E-state index in [4.69, 9.17) is 5.73 Å². The Hall–Kier alpha value is -2.95. The third kappa shape index (κ3) is 2.53. The number of carbonyl (C=O) groups is 1. The van der Waals surface area contributed by atoms with Gasteiger partial charge in [0.15, 0.2) is 0 Å². The van der Waals surface area contributed by atoms with Crippen LogP contribution in [0.2, 0.25) is 0 Å². The molecule has 0 bridgehead atoms. The van der Waals surface area contributed by atoms with Gasteiger partial charge < -0.3 is 11.1 Å². The van der Waals surface area contributed by atoms with Crippen molar-refractivity contribution in [3.63, 3.8) is 0 Å². The quantitative estimate of drug-likeness (QED) is 0.706. The molecule has 5 heteroatoms. The van der Waals surface area contributed by atoms with E-state index in [1.54, 1.807) is 30.7 Å². The summed E-state index contributed by atoms with van der Waals surface area (Å²) in [6.07, 6.45) is 4.82. The normalized spacial score (nSPS) is 10.5. The van der Waals surface area contributed by atoms with Gasteiger partial charge in [-0.25, -0.2) is 0 Å². The number of benzene rings is 1. The number of nitrogens with two attached hydrogens (primary N) is 1. The van der Waals surface area contributed by atoms with E-state index < -0.39 is 0 Å². The first kappa shape index (κ1) is 13.1. The molecule has 0 saturated heterocycles. The van der Waals surface area contributed by atoms with Crippen LogP contribution in [0, 0.1) is 6.92 Å². The zero-order valence-electron chi connectivity index (χ0n) is 11.5. The van der Waals surface area contributed by atoms with Crippen molar-refractivity contribution in [3.05, 3.63) is 60.2 Å². The van der Waals surface area contributed by atoms with Crippen molar-refractivity contribution in [2.24, 2.45) is 0 Å². The SMILES string of the molecule is Cc1cc(N)c2ccnc(C(=O)Nc3cccnc3)c2c1. The Labute approximate surface area is 121 Å². The lowest BCUT2D eigenvalue weighted by molar-refractivity contribution is 0.102. The molecule has 1 amide bonds. The molecule has 2 aromatic heterocycles. The van der Waals surface area contributed by atoms with Crippen molar-refractivity contribution in [2.75, 3.05) is 11.1 Å². The molecular formula is C16H14N4O. The van der Waals surface area contributed by atoms with Gasteiger partial charge in [0.2, 0.25) is 0 Å². The Balaban J connectivity index is 2.06. The highest BCUT2D eigenvalue weighted by Gasteiger charge is 2.13. The molecule has 0 saturated carbocycles. The van der Waals surface area contributed by atoms with E-state index in [0.717, 1.165) is 16.3 Å². The Morgan fingerprint density at radius 2 is 2.05 bits per heavy atom. The minimum Gasteiger partial charge on any atom is -0.398 e. The zero-order valence-corrected chi connectivity index (χ0v) is 11.5. The lowest BCUT2D eigenvalue weighted by Gasteiger charge is -2.09. The summed E-state index contributed by atoms with van der Waals surface area (Å²) in [5.74, 6) is -0.279. The molecule has 0 atom stereocenters. The van der Waals surface area contributed by atoms with E-state index in [1.807, 2.05) is 25.1 Å². The van der Waals surface area contributed by atoms with Gasteiger partial charge in [0, 0.05) is 28.9 Å². The minimum atomic E-state index is -0.279. The Morgan fingerprint density at radius 3 is 2.81 bits per heavy atom. The van der Waals surface area contributed by atoms with Crippen LogP contribution in [0.25, 0.3) is 10.8 Å². The summed E-state index contributed by atoms with van der Waals surface area (Å²) in [5.41, 5.74) is 8.62. The van der Waals surface area contributed by atoms with Crippen LogP contribution in [0.3, 0.4) is 0 Å². The monoisotopic (exact) mass is 278 g/mol. The van der Waals surface area contributed by atoms with Crippen molar-refractivity contribution >= 4 is 28.1 Å². The fraction of sp³-hybridized carbons (Fsp3) is 0.0625. The van der Waals surface area contributed by atoms with Crippen LogP contribution in [0.5, 0.6) is 0 Å². The molecule has 21 heavy (non-hydrogen) atoms. The maximum Gasteiger partial charge on any atom is 0.274 e. The minimum absolute atomic E-state index is 0.279. The number of aryl methyl sites for hydroxylation is 1. The third-order valence-corrected chi connectivity index (χ3v) is 3.19. The average Bonchev–Trinajstić information content (AvgIpc) is 2.47. The molecular weight excluding hydrogens is 264 g/mol. The number of hydrogen-bond donors (Lipinski definition) is 2. The zero-order chi connectivity index (χ0) is 14.8. The Bertz CT molecular complexity index is 815. The van der Waals surface area contributed by atoms with E-state index in [1.165, 1.54) is 0 Å². The van der Waals surface area contributed by atoms with Crippen LogP contribution >= 0.6 is 0 Å². The van der Waals surface area contributed by atoms with Gasteiger partial charge in [-0.1, -0.05) is 0 Å². The number of anilines is 2. The molecule has 3 rings (SSSR count). The lowest BCUT2D eigenvalue weighted by Crippen LogP contribution is -2.14. The number of hydrogen-bond acceptors (Lipinski definition) is 4. The maximum absolute atomic E-state index is 12.4. The summed E-state index contributed by atoms with van der Waals surface area (Å²) in [4.78, 5) is 20.6. The number of aromatic nitrogens is 2. The number of nitrogens with zero attached hydrogens (tertiary/aromatic N) is 2. The second kappa shape index (κ2) is 5.20. The number of nitrogens with one attached hydrogen (secondary N) is 1. The molecule has 0 aliphatic heterocycles. The van der Waals surface area contributed by atoms with Gasteiger partial charge in [0.05, 0.1) is 11.9 Å². The Morgan fingerprint density at radius 1 is 1.19 bits per heavy atom. The molecule has 0 spiro atoms. The average molecular weight is 278 g/mol. The number of amides is 1. The highest BCUT2D eigenvalue weighted by atomic mass is 16.1. The summed E-state index contributed by atoms with van der Waals surface area (Å²) in [7, 11) is 0. The number of fused-ring (bicyclic) bond motifs is 1. The number of carbonyl (C=O) groups excluding carboxylic acids is 1. The summed E-state index contributed by atoms with van der Waals surface area (Å²) in [5, 5.41) is 4.36. The molecule has 0 aliphatic carbocycles. The Kier molecular flexibility index (Phi) is 3.23. The number of nitrogen functional groups attached to an aromatic ring is 1. The first-order chi connectivity index (χ1) is 10.1. The van der Waals surface area contributed by atoms with Gasteiger partial charge in [0.1, 0.15) is 5.69 Å². The van der Waals surface area contributed by atoms with Gasteiger partial charge >= 0.3 is 0 Å². The van der Waals surface area contributed by atoms with Gasteiger partial charge in [-0.15, -0.1) is 0 Å². The molecule has 0 fully saturated rings. The van der Waals surface area contributed by atoms with Crippen LogP contribution < -0.4 is 11.1 Å². The fourth-order valence-corrected chi connectivity index (χ4v) is 2.27. The van der Waals surface area contributed by atoms with Crippen LogP contribution in [-0.4, -0.2) is 15.9 Å². The van der Waals surface area contributed by atoms with E-state index in [2.05, 4.69) is 15.3 Å². The van der Waals surface area contributed by atoms with Crippen LogP contribution in [0.15, 0.2) is 48.9 Å². The summed E-state index contributed by atoms with van der Waals surface area (Å²) < 4.78 is 0. The third-order valence-electron chi connectivity index (χ3n) is 3.19. The van der Waals surface area contributed by atoms with E-state index >= 15 is 0 Å². The van der Waals surface area contributed by atoms with Crippen LogP contribution in [0.4, 0.5) is 11.4 Å². The van der Waals surface area contributed by atoms with E-state index in [0.29, 0.717) is 17.1 Å². The maximum atomic E-state index is 12.4. The van der Waals surface area contributed by atoms with Gasteiger partial charge in [0.25, 0.3) is 5.91 Å². The molecule has 2 heterocycles. The van der Waals surface area contributed by atoms with Crippen molar-refractivity contribution in [3.8, 4) is 0 Å². The fourth-order valence-electron chi connectivity index (χ4n) is 2.27. The van der Waals surface area contributed by atoms with E-state index in [9.17, 15) is 4.79 Å². The van der Waals surface area contributed by atoms with Crippen molar-refractivity contribution < 1.29 is 4.79 Å². The number of rotatable bonds is 2. The first-order valence-corrected chi connectivity index (χ1v) is 6.51. The molecule has 0 unspecified atom stereocenters.